The summed E-state index contributed by atoms with van der Waals surface area (Å²) in [6, 6.07) is 4.38. The molecule has 5 heteroatoms. The third-order valence-electron chi connectivity index (χ3n) is 3.17. The van der Waals surface area contributed by atoms with Crippen LogP contribution in [0.25, 0.3) is 0 Å². The molecular weight excluding hydrogens is 273 g/mol. The van der Waals surface area contributed by atoms with Crippen molar-refractivity contribution in [3.8, 4) is 11.8 Å². The zero-order chi connectivity index (χ0) is 15.1. The van der Waals surface area contributed by atoms with Gasteiger partial charge in [-0.1, -0.05) is 11.8 Å². The van der Waals surface area contributed by atoms with Crippen LogP contribution in [0.4, 0.5) is 10.1 Å². The molecule has 1 aromatic carbocycles. The molecule has 1 saturated heterocycles. The largest absolute Gasteiger partial charge is 0.395 e. The van der Waals surface area contributed by atoms with Crippen molar-refractivity contribution in [1.29, 1.82) is 0 Å². The van der Waals surface area contributed by atoms with Crippen molar-refractivity contribution in [2.75, 3.05) is 18.5 Å². The van der Waals surface area contributed by atoms with E-state index in [9.17, 15) is 9.18 Å². The molecule has 0 aromatic heterocycles. The molecule has 2 rings (SSSR count). The standard InChI is InChI=1S/C16H18FNO3/c17-13-11-12(5-1-3-9-19)7-8-14(13)18-16(20)15-6-2-4-10-21-15/h7-8,11,15,19H,2-4,6,9-10H2,(H,18,20). The normalized spacial score (nSPS) is 17.7. The van der Waals surface area contributed by atoms with E-state index in [2.05, 4.69) is 17.2 Å². The van der Waals surface area contributed by atoms with Crippen LogP contribution in [0, 0.1) is 17.7 Å². The summed E-state index contributed by atoms with van der Waals surface area (Å²) in [4.78, 5) is 12.0. The monoisotopic (exact) mass is 291 g/mol. The summed E-state index contributed by atoms with van der Waals surface area (Å²) >= 11 is 0. The highest BCUT2D eigenvalue weighted by molar-refractivity contribution is 5.94. The Labute approximate surface area is 123 Å². The number of carbonyl (C=O) groups excluding carboxylic acids is 1. The first-order valence-corrected chi connectivity index (χ1v) is 7.02. The van der Waals surface area contributed by atoms with Gasteiger partial charge in [-0.3, -0.25) is 4.79 Å². The van der Waals surface area contributed by atoms with Gasteiger partial charge in [-0.2, -0.15) is 0 Å². The average Bonchev–Trinajstić information content (AvgIpc) is 2.51. The van der Waals surface area contributed by atoms with Crippen LogP contribution in [0.3, 0.4) is 0 Å². The Kier molecular flexibility index (Phi) is 5.73. The molecule has 1 fully saturated rings. The van der Waals surface area contributed by atoms with Crippen molar-refractivity contribution in [1.82, 2.24) is 0 Å². The number of hydrogen-bond acceptors (Lipinski definition) is 3. The Balaban J connectivity index is 2.00. The summed E-state index contributed by atoms with van der Waals surface area (Å²) in [5.74, 6) is 4.61. The highest BCUT2D eigenvalue weighted by atomic mass is 19.1. The molecule has 0 aliphatic carbocycles. The molecule has 1 amide bonds. The van der Waals surface area contributed by atoms with Gasteiger partial charge in [0.2, 0.25) is 0 Å². The predicted molar refractivity (Wildman–Crippen MR) is 77.2 cm³/mol. The minimum Gasteiger partial charge on any atom is -0.395 e. The van der Waals surface area contributed by atoms with Gasteiger partial charge in [0.25, 0.3) is 5.91 Å². The lowest BCUT2D eigenvalue weighted by Gasteiger charge is -2.21. The molecule has 1 heterocycles. The van der Waals surface area contributed by atoms with Gasteiger partial charge < -0.3 is 15.2 Å². The van der Waals surface area contributed by atoms with Crippen molar-refractivity contribution < 1.29 is 19.0 Å². The maximum absolute atomic E-state index is 13.9. The lowest BCUT2D eigenvalue weighted by atomic mass is 10.1. The molecule has 4 nitrogen and oxygen atoms in total. The molecule has 1 aliphatic heterocycles. The third kappa shape index (κ3) is 4.55. The first-order valence-electron chi connectivity index (χ1n) is 7.02. The Morgan fingerprint density at radius 3 is 3.00 bits per heavy atom. The minimum atomic E-state index is -0.532. The van der Waals surface area contributed by atoms with E-state index in [1.165, 1.54) is 12.1 Å². The lowest BCUT2D eigenvalue weighted by molar-refractivity contribution is -0.130. The highest BCUT2D eigenvalue weighted by Crippen LogP contribution is 2.18. The molecule has 0 saturated carbocycles. The molecule has 21 heavy (non-hydrogen) atoms. The predicted octanol–water partition coefficient (Wildman–Crippen LogP) is 2.07. The molecule has 0 spiro atoms. The van der Waals surface area contributed by atoms with Gasteiger partial charge in [0.1, 0.15) is 11.9 Å². The van der Waals surface area contributed by atoms with Crippen molar-refractivity contribution >= 4 is 11.6 Å². The van der Waals surface area contributed by atoms with Gasteiger partial charge in [-0.15, -0.1) is 0 Å². The Morgan fingerprint density at radius 1 is 1.48 bits per heavy atom. The van der Waals surface area contributed by atoms with Crippen molar-refractivity contribution in [3.63, 3.8) is 0 Å². The van der Waals surface area contributed by atoms with E-state index in [0.717, 1.165) is 12.8 Å². The number of aliphatic hydroxyl groups is 1. The third-order valence-corrected chi connectivity index (χ3v) is 3.17. The van der Waals surface area contributed by atoms with Crippen LogP contribution in [-0.4, -0.2) is 30.3 Å². The lowest BCUT2D eigenvalue weighted by Crippen LogP contribution is -2.33. The first kappa shape index (κ1) is 15.5. The fourth-order valence-corrected chi connectivity index (χ4v) is 2.08. The molecule has 1 atom stereocenters. The topological polar surface area (TPSA) is 58.6 Å². The van der Waals surface area contributed by atoms with Crippen molar-refractivity contribution in [3.05, 3.63) is 29.6 Å². The summed E-state index contributed by atoms with van der Waals surface area (Å²) in [7, 11) is 0. The molecule has 1 aliphatic rings. The van der Waals surface area contributed by atoms with Crippen LogP contribution < -0.4 is 5.32 Å². The molecule has 112 valence electrons. The van der Waals surface area contributed by atoms with E-state index in [1.807, 2.05) is 0 Å². The van der Waals surface area contributed by atoms with E-state index < -0.39 is 11.9 Å². The number of anilines is 1. The van der Waals surface area contributed by atoms with Gasteiger partial charge in [0.15, 0.2) is 0 Å². The summed E-state index contributed by atoms with van der Waals surface area (Å²) in [5, 5.41) is 11.2. The fraction of sp³-hybridized carbons (Fsp3) is 0.438. The van der Waals surface area contributed by atoms with Crippen LogP contribution in [0.1, 0.15) is 31.2 Å². The number of hydrogen-bond donors (Lipinski definition) is 2. The molecular formula is C16H18FNO3. The maximum atomic E-state index is 13.9. The smallest absolute Gasteiger partial charge is 0.253 e. The van der Waals surface area contributed by atoms with Crippen molar-refractivity contribution in [2.24, 2.45) is 0 Å². The highest BCUT2D eigenvalue weighted by Gasteiger charge is 2.22. The number of rotatable bonds is 3. The van der Waals surface area contributed by atoms with E-state index in [-0.39, 0.29) is 18.2 Å². The van der Waals surface area contributed by atoms with E-state index >= 15 is 0 Å². The van der Waals surface area contributed by atoms with E-state index in [4.69, 9.17) is 9.84 Å². The molecule has 1 aromatic rings. The fourth-order valence-electron chi connectivity index (χ4n) is 2.08. The number of carbonyl (C=O) groups is 1. The quantitative estimate of drug-likeness (QED) is 0.838. The number of nitrogens with one attached hydrogen (secondary N) is 1. The van der Waals surface area contributed by atoms with E-state index in [1.54, 1.807) is 6.07 Å². The van der Waals surface area contributed by atoms with Gasteiger partial charge in [0.05, 0.1) is 12.3 Å². The number of benzene rings is 1. The average molecular weight is 291 g/mol. The summed E-state index contributed by atoms with van der Waals surface area (Å²) in [6.07, 6.45) is 2.42. The summed E-state index contributed by atoms with van der Waals surface area (Å²) in [5.41, 5.74) is 0.634. The Bertz CT molecular complexity index is 556. The maximum Gasteiger partial charge on any atom is 0.253 e. The zero-order valence-corrected chi connectivity index (χ0v) is 11.7. The number of amides is 1. The van der Waals surface area contributed by atoms with Gasteiger partial charge in [-0.05, 0) is 37.5 Å². The SMILES string of the molecule is O=C(Nc1ccc(C#CCCO)cc1F)C1CCCCO1. The van der Waals surface area contributed by atoms with E-state index in [0.29, 0.717) is 25.0 Å². The van der Waals surface area contributed by atoms with Crippen LogP contribution in [-0.2, 0) is 9.53 Å². The number of aliphatic hydroxyl groups excluding tert-OH is 1. The molecule has 0 radical (unpaired) electrons. The summed E-state index contributed by atoms with van der Waals surface area (Å²) < 4.78 is 19.3. The van der Waals surface area contributed by atoms with Crippen molar-refractivity contribution in [2.45, 2.75) is 31.8 Å². The van der Waals surface area contributed by atoms with Crippen LogP contribution in [0.15, 0.2) is 18.2 Å². The first-order chi connectivity index (χ1) is 10.2. The number of ether oxygens (including phenoxy) is 1. The van der Waals surface area contributed by atoms with Crippen LogP contribution in [0.5, 0.6) is 0 Å². The second-order valence-corrected chi connectivity index (χ2v) is 4.81. The molecule has 0 bridgehead atoms. The second kappa shape index (κ2) is 7.77. The van der Waals surface area contributed by atoms with Crippen LogP contribution in [0.2, 0.25) is 0 Å². The van der Waals surface area contributed by atoms with Gasteiger partial charge in [0, 0.05) is 18.6 Å². The van der Waals surface area contributed by atoms with Gasteiger partial charge >= 0.3 is 0 Å². The Morgan fingerprint density at radius 2 is 2.33 bits per heavy atom. The Hall–Kier alpha value is -1.90. The molecule has 1 unspecified atom stereocenters. The zero-order valence-electron chi connectivity index (χ0n) is 11.7. The number of halogens is 1. The second-order valence-electron chi connectivity index (χ2n) is 4.81. The molecule has 2 N–H and O–H groups in total. The van der Waals surface area contributed by atoms with Gasteiger partial charge in [-0.25, -0.2) is 4.39 Å². The minimum absolute atomic E-state index is 0.0228. The summed E-state index contributed by atoms with van der Waals surface area (Å²) in [6.45, 7) is 0.547. The van der Waals surface area contributed by atoms with Crippen LogP contribution >= 0.6 is 0 Å².